The van der Waals surface area contributed by atoms with Gasteiger partial charge in [-0.1, -0.05) is 12.1 Å². The van der Waals surface area contributed by atoms with Crippen LogP contribution >= 0.6 is 0 Å². The molecule has 0 saturated carbocycles. The van der Waals surface area contributed by atoms with Crippen LogP contribution in [0.4, 0.5) is 11.6 Å². The van der Waals surface area contributed by atoms with Gasteiger partial charge in [-0.3, -0.25) is 4.68 Å². The molecule has 0 aliphatic heterocycles. The molecule has 0 spiro atoms. The molecule has 17 heavy (non-hydrogen) atoms. The van der Waals surface area contributed by atoms with Crippen molar-refractivity contribution >= 4 is 11.6 Å². The lowest BCUT2D eigenvalue weighted by molar-refractivity contribution is 0.766. The first-order valence-corrected chi connectivity index (χ1v) is 5.51. The number of anilines is 2. The summed E-state index contributed by atoms with van der Waals surface area (Å²) < 4.78 is 1.68. The zero-order valence-electron chi connectivity index (χ0n) is 10.4. The van der Waals surface area contributed by atoms with Gasteiger partial charge in [-0.05, 0) is 17.7 Å². The highest BCUT2D eigenvalue weighted by atomic mass is 15.4. The third-order valence-electron chi connectivity index (χ3n) is 2.50. The van der Waals surface area contributed by atoms with Gasteiger partial charge in [0.05, 0.1) is 0 Å². The van der Waals surface area contributed by atoms with Crippen LogP contribution in [0, 0.1) is 0 Å². The average Bonchev–Trinajstić information content (AvgIpc) is 2.73. The van der Waals surface area contributed by atoms with E-state index in [9.17, 15) is 0 Å². The van der Waals surface area contributed by atoms with Crippen LogP contribution in [0.3, 0.4) is 0 Å². The average molecular weight is 231 g/mol. The molecule has 0 atom stereocenters. The lowest BCUT2D eigenvalue weighted by atomic mass is 10.2. The van der Waals surface area contributed by atoms with E-state index in [0.717, 1.165) is 6.54 Å². The van der Waals surface area contributed by atoms with E-state index in [1.54, 1.807) is 11.0 Å². The summed E-state index contributed by atoms with van der Waals surface area (Å²) in [6.07, 6.45) is 1.68. The summed E-state index contributed by atoms with van der Waals surface area (Å²) in [6, 6.07) is 8.41. The molecule has 1 aromatic heterocycles. The Morgan fingerprint density at radius 1 is 1.24 bits per heavy atom. The van der Waals surface area contributed by atoms with Crippen molar-refractivity contribution in [2.75, 3.05) is 24.3 Å². The van der Waals surface area contributed by atoms with Crippen LogP contribution in [0.1, 0.15) is 5.56 Å². The van der Waals surface area contributed by atoms with Crippen LogP contribution in [0.2, 0.25) is 0 Å². The van der Waals surface area contributed by atoms with Crippen molar-refractivity contribution in [2.45, 2.75) is 6.54 Å². The lowest BCUT2D eigenvalue weighted by Crippen LogP contribution is -2.08. The number of rotatable bonds is 4. The predicted molar refractivity (Wildman–Crippen MR) is 69.1 cm³/mol. The second kappa shape index (κ2) is 4.86. The zero-order valence-corrected chi connectivity index (χ0v) is 10.4. The van der Waals surface area contributed by atoms with Crippen molar-refractivity contribution in [3.8, 4) is 0 Å². The summed E-state index contributed by atoms with van der Waals surface area (Å²) in [5, 5.41) is 7.33. The molecule has 0 unspecified atom stereocenters. The molecule has 0 saturated heterocycles. The van der Waals surface area contributed by atoms with Crippen LogP contribution in [-0.4, -0.2) is 28.9 Å². The molecule has 0 amide bonds. The second-order valence-corrected chi connectivity index (χ2v) is 4.16. The number of aromatic nitrogens is 3. The van der Waals surface area contributed by atoms with Crippen LogP contribution in [0.15, 0.2) is 30.6 Å². The molecule has 90 valence electrons. The minimum atomic E-state index is 0.657. The fourth-order valence-corrected chi connectivity index (χ4v) is 1.51. The van der Waals surface area contributed by atoms with Crippen molar-refractivity contribution in [3.63, 3.8) is 0 Å². The van der Waals surface area contributed by atoms with E-state index in [4.69, 9.17) is 0 Å². The maximum absolute atomic E-state index is 4.16. The zero-order chi connectivity index (χ0) is 12.3. The summed E-state index contributed by atoms with van der Waals surface area (Å²) >= 11 is 0. The molecule has 2 rings (SSSR count). The summed E-state index contributed by atoms with van der Waals surface area (Å²) in [7, 11) is 5.92. The van der Waals surface area contributed by atoms with Gasteiger partial charge in [0.2, 0.25) is 5.95 Å². The SMILES string of the molecule is CN(C)c1ccc(CNc2ncn(C)n2)cc1. The van der Waals surface area contributed by atoms with E-state index >= 15 is 0 Å². The molecule has 5 heteroatoms. The van der Waals surface area contributed by atoms with E-state index in [-0.39, 0.29) is 0 Å². The molecule has 0 aliphatic rings. The first-order valence-electron chi connectivity index (χ1n) is 5.51. The van der Waals surface area contributed by atoms with E-state index in [1.807, 2.05) is 21.1 Å². The molecule has 1 aromatic carbocycles. The standard InChI is InChI=1S/C12H17N5/c1-16(2)11-6-4-10(5-7-11)8-13-12-14-9-17(3)15-12/h4-7,9H,8H2,1-3H3,(H,13,15). The Bertz CT molecular complexity index is 472. The number of aryl methyl sites for hydroxylation is 1. The summed E-state index contributed by atoms with van der Waals surface area (Å²) in [5.41, 5.74) is 2.41. The van der Waals surface area contributed by atoms with E-state index in [1.165, 1.54) is 11.3 Å². The Kier molecular flexibility index (Phi) is 3.27. The first kappa shape index (κ1) is 11.4. The van der Waals surface area contributed by atoms with Crippen molar-refractivity contribution < 1.29 is 0 Å². The quantitative estimate of drug-likeness (QED) is 0.866. The van der Waals surface area contributed by atoms with Crippen LogP contribution in [-0.2, 0) is 13.6 Å². The fourth-order valence-electron chi connectivity index (χ4n) is 1.51. The van der Waals surface area contributed by atoms with Gasteiger partial charge in [-0.25, -0.2) is 4.98 Å². The summed E-state index contributed by atoms with van der Waals surface area (Å²) in [6.45, 7) is 0.734. The monoisotopic (exact) mass is 231 g/mol. The van der Waals surface area contributed by atoms with Crippen molar-refractivity contribution in [1.29, 1.82) is 0 Å². The Hall–Kier alpha value is -2.04. The van der Waals surface area contributed by atoms with Gasteiger partial charge in [0, 0.05) is 33.4 Å². The Balaban J connectivity index is 1.95. The topological polar surface area (TPSA) is 46.0 Å². The molecule has 1 heterocycles. The molecule has 0 radical (unpaired) electrons. The van der Waals surface area contributed by atoms with Gasteiger partial charge in [-0.15, -0.1) is 5.10 Å². The van der Waals surface area contributed by atoms with Gasteiger partial charge in [0.15, 0.2) is 0 Å². The van der Waals surface area contributed by atoms with Gasteiger partial charge in [-0.2, -0.15) is 0 Å². The summed E-state index contributed by atoms with van der Waals surface area (Å²) in [4.78, 5) is 6.19. The molecule has 0 aliphatic carbocycles. The number of benzene rings is 1. The largest absolute Gasteiger partial charge is 0.378 e. The first-order chi connectivity index (χ1) is 8.15. The highest BCUT2D eigenvalue weighted by Gasteiger charge is 1.99. The smallest absolute Gasteiger partial charge is 0.242 e. The highest BCUT2D eigenvalue weighted by molar-refractivity contribution is 5.46. The minimum absolute atomic E-state index is 0.657. The highest BCUT2D eigenvalue weighted by Crippen LogP contribution is 2.12. The van der Waals surface area contributed by atoms with Gasteiger partial charge in [0.25, 0.3) is 0 Å². The normalized spacial score (nSPS) is 10.3. The second-order valence-electron chi connectivity index (χ2n) is 4.16. The van der Waals surface area contributed by atoms with Crippen LogP contribution in [0.25, 0.3) is 0 Å². The molecule has 1 N–H and O–H groups in total. The van der Waals surface area contributed by atoms with Gasteiger partial charge < -0.3 is 10.2 Å². The van der Waals surface area contributed by atoms with Crippen molar-refractivity contribution in [2.24, 2.45) is 7.05 Å². The summed E-state index contributed by atoms with van der Waals surface area (Å²) in [5.74, 6) is 0.657. The van der Waals surface area contributed by atoms with E-state index in [2.05, 4.69) is 44.6 Å². The molecule has 5 nitrogen and oxygen atoms in total. The van der Waals surface area contributed by atoms with Crippen molar-refractivity contribution in [1.82, 2.24) is 14.8 Å². The fraction of sp³-hybridized carbons (Fsp3) is 0.333. The number of hydrogen-bond donors (Lipinski definition) is 1. The van der Waals surface area contributed by atoms with Crippen LogP contribution < -0.4 is 10.2 Å². The third-order valence-corrected chi connectivity index (χ3v) is 2.50. The van der Waals surface area contributed by atoms with E-state index < -0.39 is 0 Å². The number of hydrogen-bond acceptors (Lipinski definition) is 4. The molecule has 0 fully saturated rings. The molecular formula is C12H17N5. The van der Waals surface area contributed by atoms with Crippen molar-refractivity contribution in [3.05, 3.63) is 36.2 Å². The molecule has 0 bridgehead atoms. The third kappa shape index (κ3) is 2.96. The maximum atomic E-state index is 4.16. The number of nitrogens with zero attached hydrogens (tertiary/aromatic N) is 4. The van der Waals surface area contributed by atoms with Gasteiger partial charge >= 0.3 is 0 Å². The Morgan fingerprint density at radius 3 is 2.47 bits per heavy atom. The lowest BCUT2D eigenvalue weighted by Gasteiger charge is -2.12. The molecular weight excluding hydrogens is 214 g/mol. The Morgan fingerprint density at radius 2 is 1.94 bits per heavy atom. The Labute approximate surface area is 101 Å². The predicted octanol–water partition coefficient (Wildman–Crippen LogP) is 1.49. The van der Waals surface area contributed by atoms with Crippen LogP contribution in [0.5, 0.6) is 0 Å². The number of nitrogens with one attached hydrogen (secondary N) is 1. The minimum Gasteiger partial charge on any atom is -0.378 e. The maximum Gasteiger partial charge on any atom is 0.242 e. The van der Waals surface area contributed by atoms with E-state index in [0.29, 0.717) is 5.95 Å². The van der Waals surface area contributed by atoms with Gasteiger partial charge in [0.1, 0.15) is 6.33 Å². The molecule has 2 aromatic rings.